The lowest BCUT2D eigenvalue weighted by Crippen LogP contribution is -2.32. The van der Waals surface area contributed by atoms with Crippen molar-refractivity contribution >= 4 is 38.7 Å². The monoisotopic (exact) mass is 353 g/mol. The van der Waals surface area contributed by atoms with Crippen LogP contribution in [-0.2, 0) is 17.8 Å². The van der Waals surface area contributed by atoms with Crippen LogP contribution in [0.15, 0.2) is 46.8 Å². The molecular formula is C17H15N5O2S. The van der Waals surface area contributed by atoms with Crippen LogP contribution in [-0.4, -0.2) is 25.1 Å². The number of nitrogens with zero attached hydrogens (tertiary/aromatic N) is 4. The minimum atomic E-state index is -0.305. The minimum absolute atomic E-state index is 0.135. The molecule has 0 bridgehead atoms. The summed E-state index contributed by atoms with van der Waals surface area (Å²) in [4.78, 5) is 28.9. The molecule has 8 heteroatoms. The van der Waals surface area contributed by atoms with Crippen molar-refractivity contribution in [3.63, 3.8) is 0 Å². The molecule has 0 spiro atoms. The maximum absolute atomic E-state index is 12.7. The molecule has 0 aliphatic heterocycles. The molecule has 7 nitrogen and oxygen atoms in total. The van der Waals surface area contributed by atoms with E-state index in [1.165, 1.54) is 4.68 Å². The van der Waals surface area contributed by atoms with Crippen LogP contribution in [0.3, 0.4) is 0 Å². The number of rotatable bonds is 4. The Kier molecular flexibility index (Phi) is 3.81. The van der Waals surface area contributed by atoms with Crippen molar-refractivity contribution in [1.29, 1.82) is 0 Å². The van der Waals surface area contributed by atoms with Gasteiger partial charge in [-0.15, -0.1) is 11.3 Å². The second kappa shape index (κ2) is 6.14. The van der Waals surface area contributed by atoms with Gasteiger partial charge in [0.2, 0.25) is 5.91 Å². The van der Waals surface area contributed by atoms with E-state index in [2.05, 4.69) is 15.4 Å². The van der Waals surface area contributed by atoms with Crippen LogP contribution in [0.5, 0.6) is 0 Å². The highest BCUT2D eigenvalue weighted by molar-refractivity contribution is 7.17. The summed E-state index contributed by atoms with van der Waals surface area (Å²) >= 11 is 1.58. The minimum Gasteiger partial charge on any atom is -0.324 e. The van der Waals surface area contributed by atoms with Gasteiger partial charge in [0, 0.05) is 24.5 Å². The number of carbonyl (C=O) groups excluding carboxylic acids is 1. The normalized spacial score (nSPS) is 11.2. The number of amides is 1. The number of anilines is 1. The summed E-state index contributed by atoms with van der Waals surface area (Å²) in [5.41, 5.74) is 1.89. The molecule has 4 heterocycles. The summed E-state index contributed by atoms with van der Waals surface area (Å²) in [5, 5.41) is 9.13. The number of aryl methyl sites for hydroxylation is 1. The molecule has 0 aliphatic rings. The van der Waals surface area contributed by atoms with Crippen molar-refractivity contribution in [3.05, 3.63) is 58.2 Å². The molecule has 0 aromatic carbocycles. The first-order valence-corrected chi connectivity index (χ1v) is 8.74. The zero-order valence-electron chi connectivity index (χ0n) is 13.5. The van der Waals surface area contributed by atoms with Crippen molar-refractivity contribution in [1.82, 2.24) is 19.2 Å². The lowest BCUT2D eigenvalue weighted by atomic mass is 10.4. The third-order valence-corrected chi connectivity index (χ3v) is 4.80. The molecule has 0 fully saturated rings. The maximum atomic E-state index is 12.7. The number of pyridine rings is 1. The van der Waals surface area contributed by atoms with Gasteiger partial charge in [-0.25, -0.2) is 4.68 Å². The summed E-state index contributed by atoms with van der Waals surface area (Å²) in [5.74, 6) is 0.445. The van der Waals surface area contributed by atoms with Crippen LogP contribution in [0.1, 0.15) is 12.7 Å². The van der Waals surface area contributed by atoms with Crippen LogP contribution in [0.4, 0.5) is 5.69 Å². The van der Waals surface area contributed by atoms with E-state index >= 15 is 0 Å². The molecular weight excluding hydrogens is 338 g/mol. The summed E-state index contributed by atoms with van der Waals surface area (Å²) in [6.45, 7) is 1.84. The summed E-state index contributed by atoms with van der Waals surface area (Å²) in [7, 11) is 0. The topological polar surface area (TPSA) is 81.3 Å². The van der Waals surface area contributed by atoms with Gasteiger partial charge in [-0.2, -0.15) is 5.10 Å². The fourth-order valence-electron chi connectivity index (χ4n) is 2.83. The SMILES string of the molecule is CCc1nn(CC(=O)Nc2ccncc2)c(=O)c2cc3sccc3n12. The first kappa shape index (κ1) is 15.5. The maximum Gasteiger partial charge on any atom is 0.291 e. The zero-order valence-corrected chi connectivity index (χ0v) is 14.3. The second-order valence-corrected chi connectivity index (χ2v) is 6.50. The Balaban J connectivity index is 1.73. The van der Waals surface area contributed by atoms with Crippen molar-refractivity contribution < 1.29 is 4.79 Å². The molecule has 0 saturated heterocycles. The van der Waals surface area contributed by atoms with Crippen molar-refractivity contribution in [2.45, 2.75) is 19.9 Å². The Bertz CT molecular complexity index is 1130. The van der Waals surface area contributed by atoms with E-state index in [1.807, 2.05) is 28.8 Å². The molecule has 4 aromatic rings. The first-order chi connectivity index (χ1) is 12.2. The second-order valence-electron chi connectivity index (χ2n) is 5.55. The predicted octanol–water partition coefficient (Wildman–Crippen LogP) is 2.31. The van der Waals surface area contributed by atoms with E-state index in [0.29, 0.717) is 17.6 Å². The molecule has 25 heavy (non-hydrogen) atoms. The molecule has 1 amide bonds. The van der Waals surface area contributed by atoms with E-state index in [-0.39, 0.29) is 18.0 Å². The Labute approximate surface area is 146 Å². The van der Waals surface area contributed by atoms with E-state index in [4.69, 9.17) is 0 Å². The Morgan fingerprint density at radius 1 is 1.24 bits per heavy atom. The molecule has 0 atom stereocenters. The third-order valence-electron chi connectivity index (χ3n) is 3.94. The number of aromatic nitrogens is 4. The van der Waals surface area contributed by atoms with Gasteiger partial charge in [0.05, 0.1) is 10.2 Å². The number of carbonyl (C=O) groups is 1. The Morgan fingerprint density at radius 3 is 2.80 bits per heavy atom. The third kappa shape index (κ3) is 2.70. The standard InChI is InChI=1S/C17H15N5O2S/c1-2-15-20-21(10-16(23)19-11-3-6-18-7-4-11)17(24)13-9-14-12(22(13)15)5-8-25-14/h3-9H,2,10H2,1H3,(H,18,19,23). The lowest BCUT2D eigenvalue weighted by Gasteiger charge is -2.10. The van der Waals surface area contributed by atoms with E-state index < -0.39 is 0 Å². The largest absolute Gasteiger partial charge is 0.324 e. The van der Waals surface area contributed by atoms with Crippen LogP contribution >= 0.6 is 11.3 Å². The molecule has 0 aliphatic carbocycles. The smallest absolute Gasteiger partial charge is 0.291 e. The quantitative estimate of drug-likeness (QED) is 0.610. The van der Waals surface area contributed by atoms with E-state index in [9.17, 15) is 9.59 Å². The molecule has 126 valence electrons. The highest BCUT2D eigenvalue weighted by Crippen LogP contribution is 2.24. The Hall–Kier alpha value is -3.00. The average Bonchev–Trinajstić information content (AvgIpc) is 3.20. The van der Waals surface area contributed by atoms with Crippen LogP contribution in [0, 0.1) is 0 Å². The lowest BCUT2D eigenvalue weighted by molar-refractivity contribution is -0.117. The molecule has 4 rings (SSSR count). The van der Waals surface area contributed by atoms with Crippen LogP contribution in [0.25, 0.3) is 15.7 Å². The molecule has 1 N–H and O–H groups in total. The molecule has 4 aromatic heterocycles. The molecule has 0 radical (unpaired) electrons. The number of hydrogen-bond acceptors (Lipinski definition) is 5. The van der Waals surface area contributed by atoms with Crippen molar-refractivity contribution in [2.24, 2.45) is 0 Å². The van der Waals surface area contributed by atoms with Gasteiger partial charge in [0.25, 0.3) is 5.56 Å². The van der Waals surface area contributed by atoms with Gasteiger partial charge in [0.1, 0.15) is 17.9 Å². The highest BCUT2D eigenvalue weighted by Gasteiger charge is 2.15. The first-order valence-electron chi connectivity index (χ1n) is 7.86. The average molecular weight is 353 g/mol. The van der Waals surface area contributed by atoms with Gasteiger partial charge in [-0.05, 0) is 29.6 Å². The fraction of sp³-hybridized carbons (Fsp3) is 0.176. The van der Waals surface area contributed by atoms with Gasteiger partial charge < -0.3 is 5.32 Å². The van der Waals surface area contributed by atoms with Crippen LogP contribution < -0.4 is 10.9 Å². The number of hydrogen-bond donors (Lipinski definition) is 1. The fourth-order valence-corrected chi connectivity index (χ4v) is 3.63. The summed E-state index contributed by atoms with van der Waals surface area (Å²) < 4.78 is 4.15. The summed E-state index contributed by atoms with van der Waals surface area (Å²) in [6, 6.07) is 7.22. The highest BCUT2D eigenvalue weighted by atomic mass is 32.1. The van der Waals surface area contributed by atoms with Crippen LogP contribution in [0.2, 0.25) is 0 Å². The summed E-state index contributed by atoms with van der Waals surface area (Å²) in [6.07, 6.45) is 3.84. The predicted molar refractivity (Wildman–Crippen MR) is 97.1 cm³/mol. The number of nitrogens with one attached hydrogen (secondary N) is 1. The van der Waals surface area contributed by atoms with Gasteiger partial charge in [-0.3, -0.25) is 19.0 Å². The number of fused-ring (bicyclic) bond motifs is 3. The van der Waals surface area contributed by atoms with Gasteiger partial charge >= 0.3 is 0 Å². The van der Waals surface area contributed by atoms with Gasteiger partial charge in [-0.1, -0.05) is 6.92 Å². The number of thiophene rings is 1. The van der Waals surface area contributed by atoms with E-state index in [1.54, 1.807) is 35.9 Å². The van der Waals surface area contributed by atoms with Crippen molar-refractivity contribution in [3.8, 4) is 0 Å². The van der Waals surface area contributed by atoms with Gasteiger partial charge in [0.15, 0.2) is 0 Å². The molecule has 0 saturated carbocycles. The van der Waals surface area contributed by atoms with Crippen molar-refractivity contribution in [2.75, 3.05) is 5.32 Å². The Morgan fingerprint density at radius 2 is 2.04 bits per heavy atom. The van der Waals surface area contributed by atoms with E-state index in [0.717, 1.165) is 16.0 Å². The zero-order chi connectivity index (χ0) is 17.4. The molecule has 0 unspecified atom stereocenters.